The van der Waals surface area contributed by atoms with Crippen molar-refractivity contribution in [2.45, 2.75) is 39.7 Å². The first-order valence-electron chi connectivity index (χ1n) is 8.08. The third-order valence-electron chi connectivity index (χ3n) is 3.63. The fraction of sp³-hybridized carbons (Fsp3) is 0.316. The Balaban J connectivity index is 2.03. The van der Waals surface area contributed by atoms with Crippen molar-refractivity contribution >= 4 is 11.6 Å². The zero-order valence-electron chi connectivity index (χ0n) is 14.7. The quantitative estimate of drug-likeness (QED) is 0.782. The van der Waals surface area contributed by atoms with Crippen LogP contribution in [-0.4, -0.2) is 18.4 Å². The van der Waals surface area contributed by atoms with E-state index in [0.29, 0.717) is 17.9 Å². The van der Waals surface area contributed by atoms with Gasteiger partial charge in [-0.2, -0.15) is 0 Å². The summed E-state index contributed by atoms with van der Waals surface area (Å²) in [6, 6.07) is 10.7. The smallest absolute Gasteiger partial charge is 0.480 e. The van der Waals surface area contributed by atoms with E-state index in [1.807, 2.05) is 39.0 Å². The number of benzene rings is 2. The largest absolute Gasteiger partial charge is 0.573 e. The molecule has 0 aromatic heterocycles. The van der Waals surface area contributed by atoms with Crippen LogP contribution in [0.1, 0.15) is 24.5 Å². The number of nitrogens with one attached hydrogen (secondary N) is 1. The predicted octanol–water partition coefficient (Wildman–Crippen LogP) is 5.00. The van der Waals surface area contributed by atoms with Crippen molar-refractivity contribution in [2.75, 3.05) is 5.32 Å². The number of aryl methyl sites for hydroxylation is 2. The van der Waals surface area contributed by atoms with Crippen molar-refractivity contribution < 1.29 is 27.4 Å². The number of amides is 1. The zero-order chi connectivity index (χ0) is 19.3. The number of hydrogen-bond donors (Lipinski definition) is 1. The number of alkyl halides is 3. The fourth-order valence-electron chi connectivity index (χ4n) is 2.27. The lowest BCUT2D eigenvalue weighted by molar-refractivity contribution is -0.274. The summed E-state index contributed by atoms with van der Waals surface area (Å²) in [5.74, 6) is -0.104. The maximum Gasteiger partial charge on any atom is 0.573 e. The molecule has 1 N–H and O–H groups in total. The molecule has 0 saturated heterocycles. The van der Waals surface area contributed by atoms with Crippen LogP contribution < -0.4 is 14.8 Å². The molecule has 0 aliphatic heterocycles. The fourth-order valence-corrected chi connectivity index (χ4v) is 2.27. The third kappa shape index (κ3) is 5.68. The molecular weight excluding hydrogens is 347 g/mol. The van der Waals surface area contributed by atoms with Gasteiger partial charge < -0.3 is 14.8 Å². The van der Waals surface area contributed by atoms with E-state index in [4.69, 9.17) is 4.74 Å². The molecule has 2 rings (SSSR count). The van der Waals surface area contributed by atoms with E-state index in [1.165, 1.54) is 12.1 Å². The zero-order valence-corrected chi connectivity index (χ0v) is 14.7. The number of rotatable bonds is 6. The number of ether oxygens (including phenoxy) is 2. The number of carbonyl (C=O) groups excluding carboxylic acids is 1. The normalized spacial score (nSPS) is 12.4. The van der Waals surface area contributed by atoms with Crippen molar-refractivity contribution in [1.82, 2.24) is 0 Å². The van der Waals surface area contributed by atoms with Crippen LogP contribution in [0, 0.1) is 13.8 Å². The van der Waals surface area contributed by atoms with Crippen molar-refractivity contribution in [3.63, 3.8) is 0 Å². The molecule has 140 valence electrons. The van der Waals surface area contributed by atoms with E-state index in [9.17, 15) is 18.0 Å². The minimum Gasteiger partial charge on any atom is -0.480 e. The Morgan fingerprint density at radius 2 is 1.77 bits per heavy atom. The van der Waals surface area contributed by atoms with E-state index in [-0.39, 0.29) is 11.7 Å². The Hall–Kier alpha value is -2.70. The molecule has 0 aliphatic rings. The van der Waals surface area contributed by atoms with E-state index in [0.717, 1.165) is 23.3 Å². The van der Waals surface area contributed by atoms with Gasteiger partial charge in [-0.3, -0.25) is 4.79 Å². The molecule has 0 bridgehead atoms. The Bertz CT molecular complexity index is 758. The lowest BCUT2D eigenvalue weighted by atomic mass is 10.1. The molecule has 0 spiro atoms. The van der Waals surface area contributed by atoms with Crippen LogP contribution in [0.25, 0.3) is 0 Å². The van der Waals surface area contributed by atoms with Gasteiger partial charge in [0, 0.05) is 5.69 Å². The summed E-state index contributed by atoms with van der Waals surface area (Å²) in [7, 11) is 0. The molecule has 0 heterocycles. The van der Waals surface area contributed by atoms with Gasteiger partial charge >= 0.3 is 6.36 Å². The summed E-state index contributed by atoms with van der Waals surface area (Å²) in [6.07, 6.45) is -5.03. The minimum atomic E-state index is -4.75. The van der Waals surface area contributed by atoms with Crippen molar-refractivity contribution in [3.8, 4) is 11.5 Å². The van der Waals surface area contributed by atoms with Crippen LogP contribution in [0.4, 0.5) is 18.9 Å². The van der Waals surface area contributed by atoms with Crippen molar-refractivity contribution in [1.29, 1.82) is 0 Å². The number of hydrogen-bond acceptors (Lipinski definition) is 3. The molecular formula is C19H20F3NO3. The van der Waals surface area contributed by atoms with Gasteiger partial charge in [0.1, 0.15) is 11.5 Å². The van der Waals surface area contributed by atoms with Crippen LogP contribution >= 0.6 is 0 Å². The van der Waals surface area contributed by atoms with E-state index in [2.05, 4.69) is 10.1 Å². The Labute approximate surface area is 149 Å². The predicted molar refractivity (Wildman–Crippen MR) is 92.4 cm³/mol. The van der Waals surface area contributed by atoms with Gasteiger partial charge in [-0.25, -0.2) is 0 Å². The molecule has 7 heteroatoms. The second kappa shape index (κ2) is 8.12. The highest BCUT2D eigenvalue weighted by Crippen LogP contribution is 2.25. The van der Waals surface area contributed by atoms with Gasteiger partial charge in [0.25, 0.3) is 5.91 Å². The summed E-state index contributed by atoms with van der Waals surface area (Å²) in [6.45, 7) is 5.63. The SMILES string of the molecule is CCC(Oc1cc(C)ccc1C)C(=O)Nc1ccc(OC(F)(F)F)cc1. The molecule has 26 heavy (non-hydrogen) atoms. The Kier molecular flexibility index (Phi) is 6.13. The second-order valence-corrected chi connectivity index (χ2v) is 5.85. The Morgan fingerprint density at radius 1 is 1.12 bits per heavy atom. The summed E-state index contributed by atoms with van der Waals surface area (Å²) in [5.41, 5.74) is 2.28. The first-order valence-corrected chi connectivity index (χ1v) is 8.08. The lowest BCUT2D eigenvalue weighted by Gasteiger charge is -2.19. The maximum absolute atomic E-state index is 12.4. The summed E-state index contributed by atoms with van der Waals surface area (Å²) < 4.78 is 46.1. The van der Waals surface area contributed by atoms with E-state index in [1.54, 1.807) is 0 Å². The monoisotopic (exact) mass is 367 g/mol. The van der Waals surface area contributed by atoms with Gasteiger partial charge in [0.05, 0.1) is 0 Å². The highest BCUT2D eigenvalue weighted by atomic mass is 19.4. The molecule has 1 unspecified atom stereocenters. The molecule has 0 radical (unpaired) electrons. The highest BCUT2D eigenvalue weighted by Gasteiger charge is 2.31. The van der Waals surface area contributed by atoms with Gasteiger partial charge in [-0.15, -0.1) is 13.2 Å². The van der Waals surface area contributed by atoms with E-state index < -0.39 is 12.5 Å². The van der Waals surface area contributed by atoms with Crippen molar-refractivity contribution in [2.24, 2.45) is 0 Å². The average molecular weight is 367 g/mol. The first-order chi connectivity index (χ1) is 12.2. The first kappa shape index (κ1) is 19.6. The van der Waals surface area contributed by atoms with Crippen LogP contribution in [0.15, 0.2) is 42.5 Å². The lowest BCUT2D eigenvalue weighted by Crippen LogP contribution is -2.32. The van der Waals surface area contributed by atoms with Gasteiger partial charge in [0.15, 0.2) is 6.10 Å². The summed E-state index contributed by atoms with van der Waals surface area (Å²) in [5, 5.41) is 2.64. The molecule has 0 aliphatic carbocycles. The van der Waals surface area contributed by atoms with Crippen LogP contribution in [0.3, 0.4) is 0 Å². The summed E-state index contributed by atoms with van der Waals surface area (Å²) >= 11 is 0. The molecule has 2 aromatic rings. The third-order valence-corrected chi connectivity index (χ3v) is 3.63. The Morgan fingerprint density at radius 3 is 2.35 bits per heavy atom. The highest BCUT2D eigenvalue weighted by molar-refractivity contribution is 5.94. The molecule has 2 aromatic carbocycles. The molecule has 1 amide bonds. The standard InChI is InChI=1S/C19H20F3NO3/c1-4-16(25-17-11-12(2)5-6-13(17)3)18(24)23-14-7-9-15(10-8-14)26-19(20,21)22/h5-11,16H,4H2,1-3H3,(H,23,24). The maximum atomic E-state index is 12.4. The van der Waals surface area contributed by atoms with Crippen molar-refractivity contribution in [3.05, 3.63) is 53.6 Å². The molecule has 0 fully saturated rings. The van der Waals surface area contributed by atoms with Gasteiger partial charge in [-0.1, -0.05) is 19.1 Å². The minimum absolute atomic E-state index is 0.353. The molecule has 4 nitrogen and oxygen atoms in total. The molecule has 0 saturated carbocycles. The average Bonchev–Trinajstić information content (AvgIpc) is 2.56. The number of carbonyl (C=O) groups is 1. The van der Waals surface area contributed by atoms with Gasteiger partial charge in [0.2, 0.25) is 0 Å². The summed E-state index contributed by atoms with van der Waals surface area (Å²) in [4.78, 5) is 12.4. The second-order valence-electron chi connectivity index (χ2n) is 5.85. The van der Waals surface area contributed by atoms with E-state index >= 15 is 0 Å². The number of halogens is 3. The topological polar surface area (TPSA) is 47.6 Å². The molecule has 1 atom stereocenters. The number of anilines is 1. The van der Waals surface area contributed by atoms with Gasteiger partial charge in [-0.05, 0) is 61.7 Å². The van der Waals surface area contributed by atoms with Crippen LogP contribution in [0.5, 0.6) is 11.5 Å². The van der Waals surface area contributed by atoms with Crippen LogP contribution in [-0.2, 0) is 4.79 Å². The van der Waals surface area contributed by atoms with Crippen LogP contribution in [0.2, 0.25) is 0 Å².